The van der Waals surface area contributed by atoms with Crippen LogP contribution in [0.15, 0.2) is 27.1 Å². The Balaban J connectivity index is 2.34. The van der Waals surface area contributed by atoms with E-state index in [1.54, 1.807) is 0 Å². The predicted molar refractivity (Wildman–Crippen MR) is 86.4 cm³/mol. The van der Waals surface area contributed by atoms with Crippen molar-refractivity contribution in [3.05, 3.63) is 32.7 Å². The molecular weight excluding hydrogens is 426 g/mol. The Labute approximate surface area is 133 Å². The molecule has 2 nitrogen and oxygen atoms in total. The highest BCUT2D eigenvalue weighted by molar-refractivity contribution is 9.11. The number of amides is 1. The Morgan fingerprint density at radius 1 is 1.11 bits per heavy atom. The van der Waals surface area contributed by atoms with Crippen LogP contribution in [0.4, 0.5) is 0 Å². The Morgan fingerprint density at radius 2 is 1.83 bits per heavy atom. The second-order valence-corrected chi connectivity index (χ2v) is 6.55. The van der Waals surface area contributed by atoms with Crippen molar-refractivity contribution in [3.63, 3.8) is 0 Å². The van der Waals surface area contributed by atoms with E-state index in [2.05, 4.69) is 53.1 Å². The molecule has 1 amide bonds. The summed E-state index contributed by atoms with van der Waals surface area (Å²) in [6.07, 6.45) is 4.60. The molecule has 100 valence electrons. The third-order valence-corrected chi connectivity index (χ3v) is 4.26. The van der Waals surface area contributed by atoms with Crippen LogP contribution in [-0.2, 0) is 0 Å². The number of nitrogens with one attached hydrogen (secondary N) is 1. The maximum atomic E-state index is 11.9. The summed E-state index contributed by atoms with van der Waals surface area (Å²) < 4.78 is 1.73. The zero-order valence-corrected chi connectivity index (χ0v) is 14.8. The Bertz CT molecular complexity index is 396. The number of carbonyl (C=O) groups is 1. The van der Waals surface area contributed by atoms with Gasteiger partial charge in [-0.2, -0.15) is 0 Å². The molecule has 1 aromatic rings. The van der Waals surface area contributed by atoms with Gasteiger partial charge in [0, 0.05) is 20.8 Å². The molecule has 0 aliphatic carbocycles. The second-order valence-electron chi connectivity index (χ2n) is 3.98. The molecular formula is C13H16Br3NO. The van der Waals surface area contributed by atoms with Gasteiger partial charge in [-0.1, -0.05) is 44.7 Å². The molecule has 18 heavy (non-hydrogen) atoms. The molecule has 0 atom stereocenters. The molecule has 0 spiro atoms. The number of alkyl halides is 1. The van der Waals surface area contributed by atoms with Gasteiger partial charge in [-0.25, -0.2) is 0 Å². The van der Waals surface area contributed by atoms with Crippen LogP contribution < -0.4 is 5.32 Å². The highest BCUT2D eigenvalue weighted by atomic mass is 79.9. The lowest BCUT2D eigenvalue weighted by Crippen LogP contribution is -2.24. The lowest BCUT2D eigenvalue weighted by Gasteiger charge is -2.07. The summed E-state index contributed by atoms with van der Waals surface area (Å²) in [5.41, 5.74) is 0.671. The maximum absolute atomic E-state index is 11.9. The van der Waals surface area contributed by atoms with E-state index in [-0.39, 0.29) is 5.91 Å². The Kier molecular flexibility index (Phi) is 8.18. The number of hydrogen-bond donors (Lipinski definition) is 1. The minimum Gasteiger partial charge on any atom is -0.352 e. The van der Waals surface area contributed by atoms with E-state index in [1.165, 1.54) is 12.8 Å². The van der Waals surface area contributed by atoms with Crippen LogP contribution in [0.3, 0.4) is 0 Å². The van der Waals surface area contributed by atoms with Gasteiger partial charge < -0.3 is 5.32 Å². The topological polar surface area (TPSA) is 29.1 Å². The maximum Gasteiger partial charge on any atom is 0.252 e. The first-order valence-electron chi connectivity index (χ1n) is 5.94. The van der Waals surface area contributed by atoms with Gasteiger partial charge in [-0.3, -0.25) is 4.79 Å². The van der Waals surface area contributed by atoms with Crippen molar-refractivity contribution in [2.75, 3.05) is 11.9 Å². The molecule has 0 aliphatic heterocycles. The molecule has 1 N–H and O–H groups in total. The number of hydrogen-bond acceptors (Lipinski definition) is 1. The average molecular weight is 442 g/mol. The van der Waals surface area contributed by atoms with E-state index in [1.807, 2.05) is 18.2 Å². The molecule has 1 rings (SSSR count). The molecule has 0 fully saturated rings. The van der Waals surface area contributed by atoms with Gasteiger partial charge in [0.1, 0.15) is 0 Å². The molecule has 0 aliphatic rings. The smallest absolute Gasteiger partial charge is 0.252 e. The van der Waals surface area contributed by atoms with E-state index < -0.39 is 0 Å². The molecule has 0 bridgehead atoms. The van der Waals surface area contributed by atoms with Crippen LogP contribution in [0.1, 0.15) is 36.0 Å². The summed E-state index contributed by atoms with van der Waals surface area (Å²) in [5, 5.41) is 4.00. The third-order valence-electron chi connectivity index (χ3n) is 2.52. The number of halogens is 3. The standard InChI is InChI=1S/C13H16Br3NO/c14-7-3-1-2-4-8-17-13(18)11-9-10(15)5-6-12(11)16/h5-6,9H,1-4,7-8H2,(H,17,18). The van der Waals surface area contributed by atoms with E-state index >= 15 is 0 Å². The van der Waals surface area contributed by atoms with Crippen molar-refractivity contribution in [1.82, 2.24) is 5.32 Å². The first-order valence-corrected chi connectivity index (χ1v) is 8.65. The first kappa shape index (κ1) is 16.2. The summed E-state index contributed by atoms with van der Waals surface area (Å²) in [4.78, 5) is 11.9. The average Bonchev–Trinajstić information content (AvgIpc) is 2.36. The lowest BCUT2D eigenvalue weighted by molar-refractivity contribution is 0.0952. The molecule has 0 aromatic heterocycles. The summed E-state index contributed by atoms with van der Waals surface area (Å²) >= 11 is 10.2. The molecule has 0 unspecified atom stereocenters. The van der Waals surface area contributed by atoms with Crippen LogP contribution in [0, 0.1) is 0 Å². The van der Waals surface area contributed by atoms with E-state index in [9.17, 15) is 4.79 Å². The van der Waals surface area contributed by atoms with Crippen LogP contribution in [0.25, 0.3) is 0 Å². The highest BCUT2D eigenvalue weighted by Gasteiger charge is 2.09. The lowest BCUT2D eigenvalue weighted by atomic mass is 10.2. The van der Waals surface area contributed by atoms with Gasteiger partial charge in [0.25, 0.3) is 5.91 Å². The summed E-state index contributed by atoms with van der Waals surface area (Å²) in [7, 11) is 0. The van der Waals surface area contributed by atoms with Gasteiger partial charge in [0.2, 0.25) is 0 Å². The summed E-state index contributed by atoms with van der Waals surface area (Å²) in [6.45, 7) is 0.736. The van der Waals surface area contributed by atoms with Gasteiger partial charge in [-0.15, -0.1) is 0 Å². The largest absolute Gasteiger partial charge is 0.352 e. The minimum atomic E-state index is -0.0244. The van der Waals surface area contributed by atoms with E-state index in [4.69, 9.17) is 0 Å². The Morgan fingerprint density at radius 3 is 2.56 bits per heavy atom. The van der Waals surface area contributed by atoms with Gasteiger partial charge >= 0.3 is 0 Å². The van der Waals surface area contributed by atoms with Crippen molar-refractivity contribution in [2.24, 2.45) is 0 Å². The fourth-order valence-corrected chi connectivity index (χ4v) is 2.73. The minimum absolute atomic E-state index is 0.0244. The van der Waals surface area contributed by atoms with Crippen molar-refractivity contribution in [1.29, 1.82) is 0 Å². The summed E-state index contributed by atoms with van der Waals surface area (Å²) in [5.74, 6) is -0.0244. The molecule has 0 heterocycles. The van der Waals surface area contributed by atoms with Crippen LogP contribution >= 0.6 is 47.8 Å². The van der Waals surface area contributed by atoms with Crippen molar-refractivity contribution < 1.29 is 4.79 Å². The number of carbonyl (C=O) groups excluding carboxylic acids is 1. The van der Waals surface area contributed by atoms with Gasteiger partial charge in [-0.05, 0) is 47.0 Å². The molecule has 0 saturated heterocycles. The second kappa shape index (κ2) is 9.10. The van der Waals surface area contributed by atoms with E-state index in [0.717, 1.165) is 33.7 Å². The number of rotatable bonds is 7. The molecule has 5 heteroatoms. The first-order chi connectivity index (χ1) is 8.65. The Hall–Kier alpha value is 0.130. The number of benzene rings is 1. The van der Waals surface area contributed by atoms with E-state index in [0.29, 0.717) is 5.56 Å². The van der Waals surface area contributed by atoms with Crippen LogP contribution in [-0.4, -0.2) is 17.8 Å². The van der Waals surface area contributed by atoms with Crippen LogP contribution in [0.5, 0.6) is 0 Å². The van der Waals surface area contributed by atoms with Crippen LogP contribution in [0.2, 0.25) is 0 Å². The monoisotopic (exact) mass is 439 g/mol. The molecule has 1 aromatic carbocycles. The zero-order chi connectivity index (χ0) is 13.4. The fraction of sp³-hybridized carbons (Fsp3) is 0.462. The SMILES string of the molecule is O=C(NCCCCCCBr)c1cc(Br)ccc1Br. The van der Waals surface area contributed by atoms with Gasteiger partial charge in [0.05, 0.1) is 5.56 Å². The quantitative estimate of drug-likeness (QED) is 0.473. The van der Waals surface area contributed by atoms with Gasteiger partial charge in [0.15, 0.2) is 0 Å². The fourth-order valence-electron chi connectivity index (χ4n) is 1.54. The third kappa shape index (κ3) is 5.85. The number of unbranched alkanes of at least 4 members (excludes halogenated alkanes) is 3. The summed E-state index contributed by atoms with van der Waals surface area (Å²) in [6, 6.07) is 5.60. The highest BCUT2D eigenvalue weighted by Crippen LogP contribution is 2.21. The van der Waals surface area contributed by atoms with Crippen molar-refractivity contribution in [3.8, 4) is 0 Å². The zero-order valence-electron chi connectivity index (χ0n) is 10.0. The molecule has 0 radical (unpaired) electrons. The normalized spacial score (nSPS) is 10.4. The predicted octanol–water partition coefficient (Wildman–Crippen LogP) is 4.90. The molecule has 0 saturated carbocycles. The van der Waals surface area contributed by atoms with Crippen molar-refractivity contribution >= 4 is 53.7 Å². The van der Waals surface area contributed by atoms with Crippen molar-refractivity contribution in [2.45, 2.75) is 25.7 Å².